The molecule has 0 radical (unpaired) electrons. The lowest BCUT2D eigenvalue weighted by Gasteiger charge is -2.26. The van der Waals surface area contributed by atoms with Crippen molar-refractivity contribution in [3.05, 3.63) is 104 Å². The first kappa shape index (κ1) is 21.2. The third kappa shape index (κ3) is 3.21. The minimum Gasteiger partial charge on any atom is -0.495 e. The standard InChI is InChI=1S/C26H19ClFNO4/c1-13-10-17-21(11-14(13)2)33-25-22(24(17)30)23(16-6-4-5-7-19(16)28)29(26(25)31)15-8-9-20(32-3)18(27)12-15/h4-12,23H,1-3H3/t23-/m1/s1. The van der Waals surface area contributed by atoms with Gasteiger partial charge in [0.05, 0.1) is 29.1 Å². The molecule has 0 spiro atoms. The summed E-state index contributed by atoms with van der Waals surface area (Å²) >= 11 is 6.32. The van der Waals surface area contributed by atoms with E-state index in [2.05, 4.69) is 0 Å². The summed E-state index contributed by atoms with van der Waals surface area (Å²) in [6, 6.07) is 13.4. The average molecular weight is 464 g/mol. The van der Waals surface area contributed by atoms with E-state index in [1.165, 1.54) is 18.1 Å². The molecule has 1 aromatic heterocycles. The quantitative estimate of drug-likeness (QED) is 0.376. The summed E-state index contributed by atoms with van der Waals surface area (Å²) in [5.74, 6) is -0.752. The van der Waals surface area contributed by atoms with Crippen LogP contribution in [0, 0.1) is 19.7 Å². The molecule has 0 fully saturated rings. The van der Waals surface area contributed by atoms with Crippen LogP contribution >= 0.6 is 11.6 Å². The molecule has 0 saturated carbocycles. The number of nitrogens with zero attached hydrogens (tertiary/aromatic N) is 1. The number of hydrogen-bond acceptors (Lipinski definition) is 4. The van der Waals surface area contributed by atoms with Crippen molar-refractivity contribution in [2.24, 2.45) is 0 Å². The molecule has 5 rings (SSSR count). The van der Waals surface area contributed by atoms with Crippen LogP contribution in [-0.4, -0.2) is 13.0 Å². The van der Waals surface area contributed by atoms with Gasteiger partial charge in [-0.2, -0.15) is 0 Å². The van der Waals surface area contributed by atoms with Gasteiger partial charge in [-0.15, -0.1) is 0 Å². The van der Waals surface area contributed by atoms with Gasteiger partial charge >= 0.3 is 0 Å². The van der Waals surface area contributed by atoms with Crippen LogP contribution in [0.1, 0.15) is 38.9 Å². The van der Waals surface area contributed by atoms with E-state index in [-0.39, 0.29) is 27.3 Å². The Bertz CT molecular complexity index is 1510. The molecule has 0 bridgehead atoms. The zero-order valence-corrected chi connectivity index (χ0v) is 18.9. The van der Waals surface area contributed by atoms with Gasteiger partial charge in [-0.1, -0.05) is 29.8 Å². The van der Waals surface area contributed by atoms with E-state index < -0.39 is 17.8 Å². The highest BCUT2D eigenvalue weighted by Gasteiger charge is 2.44. The second kappa shape index (κ2) is 7.74. The van der Waals surface area contributed by atoms with Crippen LogP contribution in [0.2, 0.25) is 5.02 Å². The van der Waals surface area contributed by atoms with Gasteiger partial charge in [0.1, 0.15) is 17.1 Å². The topological polar surface area (TPSA) is 59.8 Å². The van der Waals surface area contributed by atoms with Crippen molar-refractivity contribution in [3.63, 3.8) is 0 Å². The zero-order valence-electron chi connectivity index (χ0n) is 18.1. The molecule has 0 aliphatic carbocycles. The lowest BCUT2D eigenvalue weighted by Crippen LogP contribution is -2.30. The third-order valence-corrected chi connectivity index (χ3v) is 6.40. The number of benzene rings is 3. The first-order chi connectivity index (χ1) is 15.8. The van der Waals surface area contributed by atoms with Crippen LogP contribution in [0.15, 0.2) is 63.8 Å². The third-order valence-electron chi connectivity index (χ3n) is 6.10. The van der Waals surface area contributed by atoms with E-state index in [1.54, 1.807) is 48.5 Å². The maximum absolute atomic E-state index is 15.0. The van der Waals surface area contributed by atoms with Crippen LogP contribution in [0.4, 0.5) is 10.1 Å². The number of anilines is 1. The second-order valence-corrected chi connectivity index (χ2v) is 8.43. The van der Waals surface area contributed by atoms with Gasteiger partial charge in [0.25, 0.3) is 5.91 Å². The Morgan fingerprint density at radius 2 is 1.76 bits per heavy atom. The van der Waals surface area contributed by atoms with Crippen molar-refractivity contribution in [3.8, 4) is 5.75 Å². The molecule has 166 valence electrons. The molecule has 0 unspecified atom stereocenters. The Labute approximate surface area is 194 Å². The predicted molar refractivity (Wildman–Crippen MR) is 125 cm³/mol. The van der Waals surface area contributed by atoms with E-state index in [9.17, 15) is 14.0 Å². The normalized spacial score (nSPS) is 15.2. The lowest BCUT2D eigenvalue weighted by atomic mass is 9.97. The number of halogens is 2. The van der Waals surface area contributed by atoms with Crippen LogP contribution in [0.25, 0.3) is 11.0 Å². The summed E-state index contributed by atoms with van der Waals surface area (Å²) in [7, 11) is 1.48. The number of aryl methyl sites for hydroxylation is 2. The molecule has 1 aliphatic rings. The van der Waals surface area contributed by atoms with E-state index >= 15 is 0 Å². The number of hydrogen-bond donors (Lipinski definition) is 0. The minimum absolute atomic E-state index is 0.101. The minimum atomic E-state index is -1.01. The molecule has 7 heteroatoms. The van der Waals surface area contributed by atoms with Gasteiger partial charge in [0, 0.05) is 11.3 Å². The van der Waals surface area contributed by atoms with Crippen molar-refractivity contribution < 1.29 is 18.3 Å². The Kier molecular flexibility index (Phi) is 4.98. The van der Waals surface area contributed by atoms with Crippen molar-refractivity contribution >= 4 is 34.2 Å². The molecule has 5 nitrogen and oxygen atoms in total. The first-order valence-corrected chi connectivity index (χ1v) is 10.7. The van der Waals surface area contributed by atoms with E-state index in [1.807, 2.05) is 13.8 Å². The molecular formula is C26H19ClFNO4. The Hall–Kier alpha value is -3.64. The monoisotopic (exact) mass is 463 g/mol. The Morgan fingerprint density at radius 1 is 1.03 bits per heavy atom. The molecular weight excluding hydrogens is 445 g/mol. The number of rotatable bonds is 3. The SMILES string of the molecule is COc1ccc(N2C(=O)c3oc4cc(C)c(C)cc4c(=O)c3[C@H]2c2ccccc2F)cc1Cl. The fourth-order valence-corrected chi connectivity index (χ4v) is 4.54. The van der Waals surface area contributed by atoms with Crippen molar-refractivity contribution in [2.75, 3.05) is 12.0 Å². The molecule has 1 amide bonds. The van der Waals surface area contributed by atoms with Crippen LogP contribution < -0.4 is 15.1 Å². The van der Waals surface area contributed by atoms with Crippen LogP contribution in [0.5, 0.6) is 5.75 Å². The van der Waals surface area contributed by atoms with E-state index in [0.29, 0.717) is 22.4 Å². The second-order valence-electron chi connectivity index (χ2n) is 8.02. The maximum atomic E-state index is 15.0. The highest BCUT2D eigenvalue weighted by molar-refractivity contribution is 6.32. The van der Waals surface area contributed by atoms with Crippen LogP contribution in [-0.2, 0) is 0 Å². The summed E-state index contributed by atoms with van der Waals surface area (Å²) in [6.45, 7) is 3.80. The van der Waals surface area contributed by atoms with E-state index in [0.717, 1.165) is 11.1 Å². The van der Waals surface area contributed by atoms with Gasteiger partial charge < -0.3 is 9.15 Å². The molecule has 2 heterocycles. The fourth-order valence-electron chi connectivity index (χ4n) is 4.29. The predicted octanol–water partition coefficient (Wildman–Crippen LogP) is 5.96. The molecule has 0 N–H and O–H groups in total. The van der Waals surface area contributed by atoms with Crippen LogP contribution in [0.3, 0.4) is 0 Å². The highest BCUT2D eigenvalue weighted by atomic mass is 35.5. The van der Waals surface area contributed by atoms with Crippen molar-refractivity contribution in [1.29, 1.82) is 0 Å². The summed E-state index contributed by atoms with van der Waals surface area (Å²) in [5, 5.41) is 0.627. The molecule has 3 aromatic carbocycles. The first-order valence-electron chi connectivity index (χ1n) is 10.3. The fraction of sp³-hybridized carbons (Fsp3) is 0.154. The summed E-state index contributed by atoms with van der Waals surface area (Å²) in [5.41, 5.74) is 2.48. The number of fused-ring (bicyclic) bond motifs is 2. The van der Waals surface area contributed by atoms with Gasteiger partial charge in [0.15, 0.2) is 5.43 Å². The van der Waals surface area contributed by atoms with Crippen molar-refractivity contribution in [1.82, 2.24) is 0 Å². The van der Waals surface area contributed by atoms with Gasteiger partial charge in [-0.05, 0) is 61.4 Å². The molecule has 33 heavy (non-hydrogen) atoms. The number of ether oxygens (including phenoxy) is 1. The maximum Gasteiger partial charge on any atom is 0.295 e. The molecule has 1 atom stereocenters. The van der Waals surface area contributed by atoms with E-state index in [4.69, 9.17) is 20.8 Å². The summed E-state index contributed by atoms with van der Waals surface area (Å²) < 4.78 is 26.2. The van der Waals surface area contributed by atoms with Gasteiger partial charge in [-0.3, -0.25) is 14.5 Å². The largest absolute Gasteiger partial charge is 0.495 e. The summed E-state index contributed by atoms with van der Waals surface area (Å²) in [6.07, 6.45) is 0. The smallest absolute Gasteiger partial charge is 0.295 e. The molecule has 0 saturated heterocycles. The van der Waals surface area contributed by atoms with Crippen molar-refractivity contribution in [2.45, 2.75) is 19.9 Å². The summed E-state index contributed by atoms with van der Waals surface area (Å²) in [4.78, 5) is 28.6. The zero-order chi connectivity index (χ0) is 23.4. The number of carbonyl (C=O) groups is 1. The van der Waals surface area contributed by atoms with Gasteiger partial charge in [-0.25, -0.2) is 4.39 Å². The number of amides is 1. The molecule has 4 aromatic rings. The number of carbonyl (C=O) groups excluding carboxylic acids is 1. The number of methoxy groups -OCH3 is 1. The molecule has 1 aliphatic heterocycles. The highest BCUT2D eigenvalue weighted by Crippen LogP contribution is 2.43. The van der Waals surface area contributed by atoms with Gasteiger partial charge in [0.2, 0.25) is 5.76 Å². The lowest BCUT2D eigenvalue weighted by molar-refractivity contribution is 0.0970. The average Bonchev–Trinajstić information content (AvgIpc) is 3.08. The Morgan fingerprint density at radius 3 is 2.45 bits per heavy atom. The Balaban J connectivity index is 1.83.